The largest absolute Gasteiger partial charge is 0.478 e. The molecule has 0 radical (unpaired) electrons. The summed E-state index contributed by atoms with van der Waals surface area (Å²) in [5.41, 5.74) is 1.15. The van der Waals surface area contributed by atoms with Crippen LogP contribution < -0.4 is 5.32 Å². The number of rotatable bonds is 5. The zero-order chi connectivity index (χ0) is 13.9. The Labute approximate surface area is 118 Å². The molecule has 0 aliphatic rings. The summed E-state index contributed by atoms with van der Waals surface area (Å²) >= 11 is 1.43. The molecule has 0 aliphatic carbocycles. The first-order chi connectivity index (χ1) is 9.74. The van der Waals surface area contributed by atoms with Crippen molar-refractivity contribution < 1.29 is 9.90 Å². The number of carbonyl (C=O) groups is 1. The van der Waals surface area contributed by atoms with E-state index in [0.717, 1.165) is 16.3 Å². The van der Waals surface area contributed by atoms with Crippen molar-refractivity contribution in [3.63, 3.8) is 0 Å². The Balaban J connectivity index is 1.63. The van der Waals surface area contributed by atoms with Crippen molar-refractivity contribution >= 4 is 23.0 Å². The highest BCUT2D eigenvalue weighted by atomic mass is 32.1. The maximum absolute atomic E-state index is 10.8. The van der Waals surface area contributed by atoms with Gasteiger partial charge in [-0.1, -0.05) is 6.07 Å². The van der Waals surface area contributed by atoms with E-state index in [1.807, 2.05) is 28.8 Å². The Morgan fingerprint density at radius 3 is 3.05 bits per heavy atom. The predicted molar refractivity (Wildman–Crippen MR) is 74.8 cm³/mol. The lowest BCUT2D eigenvalue weighted by Gasteiger charge is -2.01. The van der Waals surface area contributed by atoms with Crippen LogP contribution in [0.25, 0.3) is 5.65 Å². The van der Waals surface area contributed by atoms with Gasteiger partial charge in [-0.05, 0) is 18.2 Å². The molecule has 0 spiro atoms. The van der Waals surface area contributed by atoms with Crippen LogP contribution in [0.3, 0.4) is 0 Å². The van der Waals surface area contributed by atoms with Crippen LogP contribution in [-0.2, 0) is 13.1 Å². The number of hydrogen-bond donors (Lipinski definition) is 2. The van der Waals surface area contributed by atoms with E-state index in [4.69, 9.17) is 5.11 Å². The van der Waals surface area contributed by atoms with Crippen LogP contribution in [0.1, 0.15) is 21.1 Å². The number of thiophene rings is 1. The van der Waals surface area contributed by atoms with Gasteiger partial charge in [0.15, 0.2) is 11.5 Å². The highest BCUT2D eigenvalue weighted by Gasteiger charge is 2.07. The van der Waals surface area contributed by atoms with Crippen molar-refractivity contribution in [2.75, 3.05) is 0 Å². The van der Waals surface area contributed by atoms with E-state index in [-0.39, 0.29) is 0 Å². The maximum Gasteiger partial charge on any atom is 0.336 e. The molecular formula is C13H12N4O2S. The molecule has 0 fully saturated rings. The quantitative estimate of drug-likeness (QED) is 0.748. The fourth-order valence-corrected chi connectivity index (χ4v) is 2.72. The van der Waals surface area contributed by atoms with Gasteiger partial charge in [0, 0.05) is 23.0 Å². The smallest absolute Gasteiger partial charge is 0.336 e. The topological polar surface area (TPSA) is 79.5 Å². The van der Waals surface area contributed by atoms with E-state index in [0.29, 0.717) is 18.7 Å². The molecule has 0 aromatic carbocycles. The number of carboxylic acids is 1. The van der Waals surface area contributed by atoms with Gasteiger partial charge in [-0.2, -0.15) is 0 Å². The molecule has 0 saturated heterocycles. The van der Waals surface area contributed by atoms with Crippen molar-refractivity contribution in [1.29, 1.82) is 0 Å². The zero-order valence-corrected chi connectivity index (χ0v) is 11.3. The van der Waals surface area contributed by atoms with Crippen LogP contribution in [0, 0.1) is 0 Å². The van der Waals surface area contributed by atoms with Gasteiger partial charge in [0.05, 0.1) is 12.1 Å². The standard InChI is InChI=1S/C13H12N4O2S/c18-13(19)9-5-10(20-8-9)6-14-7-12-16-15-11-3-1-2-4-17(11)12/h1-5,8,14H,6-7H2,(H,18,19). The Bertz CT molecular complexity index is 750. The maximum atomic E-state index is 10.8. The van der Waals surface area contributed by atoms with Gasteiger partial charge < -0.3 is 10.4 Å². The third kappa shape index (κ3) is 2.54. The van der Waals surface area contributed by atoms with Crippen LogP contribution >= 0.6 is 11.3 Å². The Morgan fingerprint density at radius 1 is 1.35 bits per heavy atom. The molecule has 102 valence electrons. The highest BCUT2D eigenvalue weighted by molar-refractivity contribution is 7.10. The average Bonchev–Trinajstić information content (AvgIpc) is 3.06. The summed E-state index contributed by atoms with van der Waals surface area (Å²) in [6.07, 6.45) is 1.92. The van der Waals surface area contributed by atoms with Crippen molar-refractivity contribution in [3.8, 4) is 0 Å². The van der Waals surface area contributed by atoms with E-state index in [9.17, 15) is 4.79 Å². The SMILES string of the molecule is O=C(O)c1csc(CNCc2nnc3ccccn23)c1. The molecule has 0 saturated carbocycles. The lowest BCUT2D eigenvalue weighted by molar-refractivity contribution is 0.0697. The monoisotopic (exact) mass is 288 g/mol. The van der Waals surface area contributed by atoms with Crippen LogP contribution in [0.5, 0.6) is 0 Å². The number of aromatic carboxylic acids is 1. The highest BCUT2D eigenvalue weighted by Crippen LogP contribution is 2.14. The zero-order valence-electron chi connectivity index (χ0n) is 10.5. The summed E-state index contributed by atoms with van der Waals surface area (Å²) in [7, 11) is 0. The molecule has 2 N–H and O–H groups in total. The second-order valence-corrected chi connectivity index (χ2v) is 5.25. The molecule has 7 heteroatoms. The first-order valence-electron chi connectivity index (χ1n) is 6.04. The van der Waals surface area contributed by atoms with Gasteiger partial charge in [0.2, 0.25) is 0 Å². The minimum absolute atomic E-state index is 0.333. The summed E-state index contributed by atoms with van der Waals surface area (Å²) < 4.78 is 1.92. The van der Waals surface area contributed by atoms with Crippen molar-refractivity contribution in [2.45, 2.75) is 13.1 Å². The number of nitrogens with one attached hydrogen (secondary N) is 1. The predicted octanol–water partition coefficient (Wildman–Crippen LogP) is 1.78. The van der Waals surface area contributed by atoms with Crippen LogP contribution in [0.2, 0.25) is 0 Å². The van der Waals surface area contributed by atoms with Gasteiger partial charge in [-0.3, -0.25) is 4.40 Å². The first kappa shape index (κ1) is 12.8. The number of fused-ring (bicyclic) bond motifs is 1. The number of hydrogen-bond acceptors (Lipinski definition) is 5. The molecule has 3 aromatic heterocycles. The number of nitrogens with zero attached hydrogens (tertiary/aromatic N) is 3. The molecule has 0 bridgehead atoms. The Kier molecular flexibility index (Phi) is 3.44. The second-order valence-electron chi connectivity index (χ2n) is 4.26. The number of pyridine rings is 1. The van der Waals surface area contributed by atoms with Crippen molar-refractivity contribution in [3.05, 3.63) is 52.1 Å². The Morgan fingerprint density at radius 2 is 2.25 bits per heavy atom. The molecule has 3 heterocycles. The molecule has 0 aliphatic heterocycles. The van der Waals surface area contributed by atoms with Crippen LogP contribution in [-0.4, -0.2) is 25.7 Å². The third-order valence-corrected chi connectivity index (χ3v) is 3.80. The van der Waals surface area contributed by atoms with Gasteiger partial charge in [0.25, 0.3) is 0 Å². The van der Waals surface area contributed by atoms with Crippen molar-refractivity contribution in [2.24, 2.45) is 0 Å². The molecule has 0 amide bonds. The summed E-state index contributed by atoms with van der Waals surface area (Å²) in [6, 6.07) is 7.43. The molecule has 0 unspecified atom stereocenters. The summed E-state index contributed by atoms with van der Waals surface area (Å²) in [4.78, 5) is 11.8. The number of carboxylic acid groups (broad SMARTS) is 1. The fraction of sp³-hybridized carbons (Fsp3) is 0.154. The summed E-state index contributed by atoms with van der Waals surface area (Å²) in [5, 5.41) is 21.9. The molecule has 0 atom stereocenters. The van der Waals surface area contributed by atoms with Crippen LogP contribution in [0.15, 0.2) is 35.8 Å². The third-order valence-electron chi connectivity index (χ3n) is 2.87. The molecule has 3 aromatic rings. The fourth-order valence-electron chi connectivity index (χ4n) is 1.89. The summed E-state index contributed by atoms with van der Waals surface area (Å²) in [6.45, 7) is 1.19. The second kappa shape index (κ2) is 5.40. The van der Waals surface area contributed by atoms with E-state index in [1.165, 1.54) is 11.3 Å². The van der Waals surface area contributed by atoms with Gasteiger partial charge in [0.1, 0.15) is 0 Å². The first-order valence-corrected chi connectivity index (χ1v) is 6.92. The van der Waals surface area contributed by atoms with Crippen LogP contribution in [0.4, 0.5) is 0 Å². The minimum Gasteiger partial charge on any atom is -0.478 e. The minimum atomic E-state index is -0.893. The van der Waals surface area contributed by atoms with E-state index < -0.39 is 5.97 Å². The van der Waals surface area contributed by atoms with E-state index >= 15 is 0 Å². The lowest BCUT2D eigenvalue weighted by atomic mass is 10.3. The van der Waals surface area contributed by atoms with Crippen molar-refractivity contribution in [1.82, 2.24) is 19.9 Å². The average molecular weight is 288 g/mol. The van der Waals surface area contributed by atoms with Gasteiger partial charge in [-0.15, -0.1) is 21.5 Å². The Hall–Kier alpha value is -2.25. The van der Waals surface area contributed by atoms with E-state index in [1.54, 1.807) is 11.4 Å². The molecule has 20 heavy (non-hydrogen) atoms. The van der Waals surface area contributed by atoms with E-state index in [2.05, 4.69) is 15.5 Å². The lowest BCUT2D eigenvalue weighted by Crippen LogP contribution is -2.14. The molecule has 3 rings (SSSR count). The normalized spacial score (nSPS) is 11.0. The summed E-state index contributed by atoms with van der Waals surface area (Å²) in [5.74, 6) is -0.0634. The molecule has 6 nitrogen and oxygen atoms in total. The van der Waals surface area contributed by atoms with Gasteiger partial charge >= 0.3 is 5.97 Å². The van der Waals surface area contributed by atoms with Gasteiger partial charge in [-0.25, -0.2) is 4.79 Å². The number of aromatic nitrogens is 3. The molecular weight excluding hydrogens is 276 g/mol.